The van der Waals surface area contributed by atoms with Crippen LogP contribution in [-0.4, -0.2) is 54.5 Å². The molecule has 0 radical (unpaired) electrons. The van der Waals surface area contributed by atoms with E-state index in [-0.39, 0.29) is 28.8 Å². The molecule has 2 aliphatic heterocycles. The number of amides is 1. The Labute approximate surface area is 224 Å². The second-order valence-electron chi connectivity index (χ2n) is 8.32. The molecular formula is C23H19N3O10S2. The maximum atomic E-state index is 12.9. The second-order valence-corrected chi connectivity index (χ2v) is 10.2. The molecular weight excluding hydrogens is 542 g/mol. The SMILES string of the molecule is CC(OC(=O)OCc1ccc([N+](=O)[O-])cc1)C1C(=O)N2C(C(=O)OCc3ccc([N+](=O)[O-])cc3)C(=S)S[C@@H]12. The highest BCUT2D eigenvalue weighted by Gasteiger charge is 2.61. The average Bonchev–Trinajstić information content (AvgIpc) is 3.18. The normalized spacial score (nSPS) is 20.7. The number of hydrogen-bond donors (Lipinski definition) is 0. The Kier molecular flexibility index (Phi) is 7.87. The first-order valence-electron chi connectivity index (χ1n) is 11.1. The number of β-lactam (4-membered cyclic amide) rings is 1. The molecule has 2 aromatic carbocycles. The molecule has 3 unspecified atom stereocenters. The summed E-state index contributed by atoms with van der Waals surface area (Å²) in [5.41, 5.74) is 0.843. The molecule has 0 aliphatic carbocycles. The molecule has 4 atom stereocenters. The number of thiocarbonyl (C=S) groups is 1. The van der Waals surface area contributed by atoms with Gasteiger partial charge in [0.25, 0.3) is 11.4 Å². The largest absolute Gasteiger partial charge is 0.508 e. The first-order valence-corrected chi connectivity index (χ1v) is 12.3. The van der Waals surface area contributed by atoms with Gasteiger partial charge in [-0.1, -0.05) is 24.0 Å². The lowest BCUT2D eigenvalue weighted by atomic mass is 9.91. The van der Waals surface area contributed by atoms with Gasteiger partial charge in [0.1, 0.15) is 25.2 Å². The molecule has 38 heavy (non-hydrogen) atoms. The van der Waals surface area contributed by atoms with E-state index < -0.39 is 51.3 Å². The van der Waals surface area contributed by atoms with Crippen LogP contribution < -0.4 is 0 Å². The van der Waals surface area contributed by atoms with Crippen LogP contribution >= 0.6 is 24.0 Å². The van der Waals surface area contributed by atoms with Crippen molar-refractivity contribution in [3.63, 3.8) is 0 Å². The number of benzene rings is 2. The molecule has 1 amide bonds. The van der Waals surface area contributed by atoms with Crippen molar-refractivity contribution in [2.24, 2.45) is 5.92 Å². The number of ether oxygens (including phenoxy) is 3. The highest BCUT2D eigenvalue weighted by Crippen LogP contribution is 2.47. The quantitative estimate of drug-likeness (QED) is 0.144. The van der Waals surface area contributed by atoms with Gasteiger partial charge in [0, 0.05) is 24.3 Å². The Hall–Kier alpha value is -4.11. The lowest BCUT2D eigenvalue weighted by molar-refractivity contribution is -0.385. The van der Waals surface area contributed by atoms with E-state index in [0.29, 0.717) is 11.1 Å². The second kappa shape index (κ2) is 11.1. The summed E-state index contributed by atoms with van der Waals surface area (Å²) < 4.78 is 15.8. The van der Waals surface area contributed by atoms with Crippen molar-refractivity contribution in [2.75, 3.05) is 0 Å². The number of carbonyl (C=O) groups excluding carboxylic acids is 3. The third-order valence-corrected chi connectivity index (χ3v) is 7.63. The Balaban J connectivity index is 1.28. The summed E-state index contributed by atoms with van der Waals surface area (Å²) in [5.74, 6) is -1.92. The number of rotatable bonds is 9. The number of thioether (sulfide) groups is 1. The Bertz CT molecular complexity index is 1300. The van der Waals surface area contributed by atoms with Crippen molar-refractivity contribution in [1.82, 2.24) is 4.90 Å². The Morgan fingerprint density at radius 3 is 1.97 bits per heavy atom. The van der Waals surface area contributed by atoms with Gasteiger partial charge in [-0.15, -0.1) is 0 Å². The zero-order valence-electron chi connectivity index (χ0n) is 19.6. The van der Waals surface area contributed by atoms with Crippen molar-refractivity contribution in [3.05, 3.63) is 79.9 Å². The van der Waals surface area contributed by atoms with Gasteiger partial charge in [-0.2, -0.15) is 0 Å². The molecule has 0 saturated carbocycles. The number of hydrogen-bond acceptors (Lipinski definition) is 12. The van der Waals surface area contributed by atoms with E-state index in [1.807, 2.05) is 0 Å². The molecule has 4 rings (SSSR count). The van der Waals surface area contributed by atoms with E-state index in [0.717, 1.165) is 11.8 Å². The van der Waals surface area contributed by atoms with Crippen LogP contribution in [-0.2, 0) is 37.0 Å². The molecule has 0 N–H and O–H groups in total. The molecule has 2 fully saturated rings. The molecule has 2 saturated heterocycles. The molecule has 2 heterocycles. The molecule has 0 aromatic heterocycles. The number of non-ortho nitro benzene ring substituents is 2. The van der Waals surface area contributed by atoms with Gasteiger partial charge in [-0.05, 0) is 42.3 Å². The van der Waals surface area contributed by atoms with Gasteiger partial charge in [0.15, 0.2) is 6.04 Å². The minimum absolute atomic E-state index is 0.0972. The van der Waals surface area contributed by atoms with E-state index in [1.165, 1.54) is 60.4 Å². The smallest absolute Gasteiger partial charge is 0.459 e. The van der Waals surface area contributed by atoms with Gasteiger partial charge in [-0.3, -0.25) is 25.0 Å². The molecule has 15 heteroatoms. The lowest BCUT2D eigenvalue weighted by Gasteiger charge is -2.45. The fourth-order valence-electron chi connectivity index (χ4n) is 3.92. The number of nitro groups is 2. The Morgan fingerprint density at radius 2 is 1.47 bits per heavy atom. The van der Waals surface area contributed by atoms with Crippen LogP contribution in [0, 0.1) is 26.1 Å². The van der Waals surface area contributed by atoms with Gasteiger partial charge < -0.3 is 19.1 Å². The van der Waals surface area contributed by atoms with Crippen LogP contribution in [0.2, 0.25) is 0 Å². The topological polar surface area (TPSA) is 168 Å². The van der Waals surface area contributed by atoms with Crippen molar-refractivity contribution in [2.45, 2.75) is 37.7 Å². The number of nitrogens with zero attached hydrogens (tertiary/aromatic N) is 3. The number of carbonyl (C=O) groups is 3. The first-order chi connectivity index (χ1) is 18.1. The number of nitro benzene ring substituents is 2. The molecule has 198 valence electrons. The summed E-state index contributed by atoms with van der Waals surface area (Å²) in [7, 11) is 0. The predicted molar refractivity (Wildman–Crippen MR) is 135 cm³/mol. The minimum Gasteiger partial charge on any atom is -0.459 e. The summed E-state index contributed by atoms with van der Waals surface area (Å²) in [6, 6.07) is 9.86. The van der Waals surface area contributed by atoms with E-state index in [2.05, 4.69) is 0 Å². The van der Waals surface area contributed by atoms with Crippen molar-refractivity contribution < 1.29 is 38.4 Å². The van der Waals surface area contributed by atoms with E-state index in [1.54, 1.807) is 0 Å². The van der Waals surface area contributed by atoms with Gasteiger partial charge in [0.2, 0.25) is 5.91 Å². The van der Waals surface area contributed by atoms with Crippen molar-refractivity contribution in [1.29, 1.82) is 0 Å². The van der Waals surface area contributed by atoms with Crippen LogP contribution in [0.4, 0.5) is 16.2 Å². The highest BCUT2D eigenvalue weighted by atomic mass is 32.2. The first kappa shape index (κ1) is 26.9. The maximum absolute atomic E-state index is 12.9. The fourth-order valence-corrected chi connectivity index (χ4v) is 5.82. The Morgan fingerprint density at radius 1 is 0.974 bits per heavy atom. The van der Waals surface area contributed by atoms with Crippen molar-refractivity contribution in [3.8, 4) is 0 Å². The van der Waals surface area contributed by atoms with Crippen LogP contribution in [0.1, 0.15) is 18.1 Å². The third-order valence-electron chi connectivity index (χ3n) is 5.90. The van der Waals surface area contributed by atoms with Gasteiger partial charge >= 0.3 is 12.1 Å². The molecule has 2 aromatic rings. The van der Waals surface area contributed by atoms with E-state index in [9.17, 15) is 34.6 Å². The number of esters is 1. The van der Waals surface area contributed by atoms with Crippen LogP contribution in [0.3, 0.4) is 0 Å². The summed E-state index contributed by atoms with van der Waals surface area (Å²) in [6.07, 6.45) is -1.90. The highest BCUT2D eigenvalue weighted by molar-refractivity contribution is 8.24. The fraction of sp³-hybridized carbons (Fsp3) is 0.304. The van der Waals surface area contributed by atoms with E-state index >= 15 is 0 Å². The zero-order valence-corrected chi connectivity index (χ0v) is 21.2. The van der Waals surface area contributed by atoms with Crippen LogP contribution in [0.15, 0.2) is 48.5 Å². The number of fused-ring (bicyclic) bond motifs is 1. The summed E-state index contributed by atoms with van der Waals surface area (Å²) in [6.45, 7) is 1.19. The molecule has 2 aliphatic rings. The van der Waals surface area contributed by atoms with Crippen LogP contribution in [0.25, 0.3) is 0 Å². The summed E-state index contributed by atoms with van der Waals surface area (Å²) in [5, 5.41) is 21.0. The van der Waals surface area contributed by atoms with Gasteiger partial charge in [0.05, 0.1) is 19.4 Å². The van der Waals surface area contributed by atoms with Crippen molar-refractivity contribution >= 4 is 57.6 Å². The third kappa shape index (κ3) is 5.57. The van der Waals surface area contributed by atoms with Gasteiger partial charge in [-0.25, -0.2) is 9.59 Å². The monoisotopic (exact) mass is 561 g/mol. The van der Waals surface area contributed by atoms with E-state index in [4.69, 9.17) is 26.4 Å². The molecule has 0 spiro atoms. The summed E-state index contributed by atoms with van der Waals surface area (Å²) >= 11 is 6.44. The molecule has 13 nitrogen and oxygen atoms in total. The predicted octanol–water partition coefficient (Wildman–Crippen LogP) is 3.52. The lowest BCUT2D eigenvalue weighted by Crippen LogP contribution is -2.64. The van der Waals surface area contributed by atoms with Crippen LogP contribution in [0.5, 0.6) is 0 Å². The average molecular weight is 562 g/mol. The minimum atomic E-state index is -1.08. The summed E-state index contributed by atoms with van der Waals surface area (Å²) in [4.78, 5) is 59.4. The molecule has 0 bridgehead atoms. The standard InChI is InChI=1S/C23H19N3O10S2/c1-12(36-23(29)35-11-14-4-8-16(9-5-14)26(32)33)17-19(27)24-18(22(37)38-20(17)24)21(28)34-10-13-2-6-15(7-3-13)25(30)31/h2-9,12,17-18,20H,10-11H2,1H3/t12?,17?,18?,20-/m0/s1. The maximum Gasteiger partial charge on any atom is 0.508 e. The zero-order chi connectivity index (χ0) is 27.6.